The maximum atomic E-state index is 12.4. The summed E-state index contributed by atoms with van der Waals surface area (Å²) in [6, 6.07) is 3.87. The monoisotopic (exact) mass is 405 g/mol. The highest BCUT2D eigenvalue weighted by molar-refractivity contribution is 5.78. The second-order valence-electron chi connectivity index (χ2n) is 8.03. The Morgan fingerprint density at radius 3 is 2.86 bits per heavy atom. The summed E-state index contributed by atoms with van der Waals surface area (Å²) in [4.78, 5) is 28.2. The molecule has 2 unspecified atom stereocenters. The number of aromatic nitrogens is 1. The van der Waals surface area contributed by atoms with E-state index in [9.17, 15) is 9.59 Å². The summed E-state index contributed by atoms with van der Waals surface area (Å²) in [6.45, 7) is 3.82. The molecule has 1 saturated heterocycles. The molecule has 1 aromatic heterocycles. The third-order valence-corrected chi connectivity index (χ3v) is 5.32. The van der Waals surface area contributed by atoms with Crippen molar-refractivity contribution in [2.75, 3.05) is 7.11 Å². The summed E-state index contributed by atoms with van der Waals surface area (Å²) in [7, 11) is 1.55. The van der Waals surface area contributed by atoms with Crippen LogP contribution in [-0.2, 0) is 16.0 Å². The fourth-order valence-corrected chi connectivity index (χ4v) is 3.95. The second-order valence-corrected chi connectivity index (χ2v) is 8.03. The van der Waals surface area contributed by atoms with Gasteiger partial charge in [-0.15, -0.1) is 0 Å². The average molecular weight is 405 g/mol. The fourth-order valence-electron chi connectivity index (χ4n) is 3.95. The van der Waals surface area contributed by atoms with Crippen LogP contribution < -0.4 is 26.2 Å². The van der Waals surface area contributed by atoms with Crippen LogP contribution in [0.4, 0.5) is 4.79 Å². The van der Waals surface area contributed by atoms with Crippen LogP contribution in [0.1, 0.15) is 45.1 Å². The van der Waals surface area contributed by atoms with Crippen molar-refractivity contribution in [3.8, 4) is 5.88 Å². The van der Waals surface area contributed by atoms with Gasteiger partial charge in [-0.05, 0) is 57.1 Å². The maximum absolute atomic E-state index is 12.4. The van der Waals surface area contributed by atoms with Crippen LogP contribution in [-0.4, -0.2) is 48.4 Å². The van der Waals surface area contributed by atoms with Crippen LogP contribution in [0.25, 0.3) is 0 Å². The lowest BCUT2D eigenvalue weighted by Crippen LogP contribution is -2.45. The SMILES string of the molecule is COc1cc(CC(=O)NC2CC([C@H]3CC[C@@H](OC(=O)NC(C)C)C3)NN2)ccn1. The summed E-state index contributed by atoms with van der Waals surface area (Å²) in [6.07, 6.45) is 4.88. The zero-order chi connectivity index (χ0) is 20.8. The van der Waals surface area contributed by atoms with Crippen LogP contribution in [0.5, 0.6) is 5.88 Å². The standard InChI is InChI=1S/C20H31N5O4/c1-12(2)22-20(27)29-15-5-4-14(10-15)16-11-17(25-24-16)23-18(26)8-13-6-7-21-19(9-13)28-3/h6-7,9,12,14-17,24-25H,4-5,8,10-11H2,1-3H3,(H,22,27)(H,23,26)/t14-,15+,16?,17?/m0/s1. The number of carbonyl (C=O) groups is 2. The van der Waals surface area contributed by atoms with Crippen molar-refractivity contribution in [3.05, 3.63) is 23.9 Å². The summed E-state index contributed by atoms with van der Waals surface area (Å²) >= 11 is 0. The molecule has 2 aliphatic rings. The van der Waals surface area contributed by atoms with E-state index in [1.54, 1.807) is 25.4 Å². The summed E-state index contributed by atoms with van der Waals surface area (Å²) in [5.41, 5.74) is 7.31. The molecule has 4 N–H and O–H groups in total. The van der Waals surface area contributed by atoms with Crippen LogP contribution in [0.15, 0.2) is 18.3 Å². The van der Waals surface area contributed by atoms with Gasteiger partial charge in [0.2, 0.25) is 11.8 Å². The Hall–Kier alpha value is -2.39. The number of nitrogens with zero attached hydrogens (tertiary/aromatic N) is 1. The number of methoxy groups -OCH3 is 1. The normalized spacial score (nSPS) is 26.3. The van der Waals surface area contributed by atoms with E-state index in [4.69, 9.17) is 9.47 Å². The predicted molar refractivity (Wildman–Crippen MR) is 107 cm³/mol. The second kappa shape index (κ2) is 9.89. The third kappa shape index (κ3) is 6.30. The summed E-state index contributed by atoms with van der Waals surface area (Å²) in [5, 5.41) is 5.78. The zero-order valence-corrected chi connectivity index (χ0v) is 17.2. The summed E-state index contributed by atoms with van der Waals surface area (Å²) in [5.74, 6) is 0.845. The average Bonchev–Trinajstić information content (AvgIpc) is 3.30. The number of carbonyl (C=O) groups excluding carboxylic acids is 2. The first-order chi connectivity index (χ1) is 13.9. The largest absolute Gasteiger partial charge is 0.481 e. The molecule has 1 aliphatic heterocycles. The lowest BCUT2D eigenvalue weighted by molar-refractivity contribution is -0.121. The molecular weight excluding hydrogens is 374 g/mol. The van der Waals surface area contributed by atoms with E-state index < -0.39 is 0 Å². The van der Waals surface area contributed by atoms with Crippen molar-refractivity contribution >= 4 is 12.0 Å². The minimum Gasteiger partial charge on any atom is -0.481 e. The molecule has 1 aliphatic carbocycles. The van der Waals surface area contributed by atoms with Crippen molar-refractivity contribution < 1.29 is 19.1 Å². The molecule has 0 aromatic carbocycles. The molecule has 4 atom stereocenters. The number of amides is 2. The molecule has 2 amide bonds. The van der Waals surface area contributed by atoms with E-state index in [0.29, 0.717) is 11.8 Å². The van der Waals surface area contributed by atoms with Crippen LogP contribution >= 0.6 is 0 Å². The van der Waals surface area contributed by atoms with E-state index in [1.807, 2.05) is 13.8 Å². The van der Waals surface area contributed by atoms with Gasteiger partial charge in [-0.3, -0.25) is 10.2 Å². The number of nitrogens with one attached hydrogen (secondary N) is 4. The Kier molecular flexibility index (Phi) is 7.27. The molecule has 2 heterocycles. The Bertz CT molecular complexity index is 714. The lowest BCUT2D eigenvalue weighted by Gasteiger charge is -2.18. The van der Waals surface area contributed by atoms with E-state index in [1.165, 1.54) is 0 Å². The van der Waals surface area contributed by atoms with Gasteiger partial charge in [-0.2, -0.15) is 0 Å². The fraction of sp³-hybridized carbons (Fsp3) is 0.650. The Morgan fingerprint density at radius 2 is 2.10 bits per heavy atom. The van der Waals surface area contributed by atoms with Gasteiger partial charge in [-0.1, -0.05) is 0 Å². The smallest absolute Gasteiger partial charge is 0.407 e. The quantitative estimate of drug-likeness (QED) is 0.540. The van der Waals surface area contributed by atoms with Gasteiger partial charge in [0.1, 0.15) is 6.10 Å². The van der Waals surface area contributed by atoms with Gasteiger partial charge in [0.15, 0.2) is 0 Å². The number of rotatable bonds is 7. The highest BCUT2D eigenvalue weighted by Crippen LogP contribution is 2.32. The molecule has 29 heavy (non-hydrogen) atoms. The Morgan fingerprint density at radius 1 is 1.28 bits per heavy atom. The van der Waals surface area contributed by atoms with E-state index in [2.05, 4.69) is 26.5 Å². The summed E-state index contributed by atoms with van der Waals surface area (Å²) < 4.78 is 10.6. The lowest BCUT2D eigenvalue weighted by atomic mass is 9.96. The molecule has 9 nitrogen and oxygen atoms in total. The number of hydrogen-bond acceptors (Lipinski definition) is 7. The zero-order valence-electron chi connectivity index (χ0n) is 17.2. The molecule has 0 bridgehead atoms. The number of ether oxygens (including phenoxy) is 2. The highest BCUT2D eigenvalue weighted by Gasteiger charge is 2.37. The van der Waals surface area contributed by atoms with Gasteiger partial charge in [0.25, 0.3) is 0 Å². The number of alkyl carbamates (subject to hydrolysis) is 1. The van der Waals surface area contributed by atoms with Crippen molar-refractivity contribution in [1.82, 2.24) is 26.5 Å². The van der Waals surface area contributed by atoms with Gasteiger partial charge in [0, 0.05) is 24.3 Å². The molecule has 2 fully saturated rings. The molecule has 0 radical (unpaired) electrons. The van der Waals surface area contributed by atoms with Gasteiger partial charge in [0.05, 0.1) is 19.7 Å². The minimum atomic E-state index is -0.346. The van der Waals surface area contributed by atoms with Crippen molar-refractivity contribution in [2.45, 2.75) is 70.3 Å². The molecule has 160 valence electrons. The molecule has 1 saturated carbocycles. The van der Waals surface area contributed by atoms with Crippen LogP contribution in [0, 0.1) is 5.92 Å². The number of hydrogen-bond donors (Lipinski definition) is 4. The van der Waals surface area contributed by atoms with E-state index in [-0.39, 0.29) is 42.8 Å². The maximum Gasteiger partial charge on any atom is 0.407 e. The predicted octanol–water partition coefficient (Wildman–Crippen LogP) is 1.24. The van der Waals surface area contributed by atoms with Gasteiger partial charge in [-0.25, -0.2) is 15.2 Å². The number of pyridine rings is 1. The first-order valence-corrected chi connectivity index (χ1v) is 10.2. The first kappa shape index (κ1) is 21.3. The highest BCUT2D eigenvalue weighted by atomic mass is 16.6. The molecule has 9 heteroatoms. The molecule has 3 rings (SSSR count). The molecule has 1 aromatic rings. The minimum absolute atomic E-state index is 0.0455. The van der Waals surface area contributed by atoms with Gasteiger partial charge < -0.3 is 20.1 Å². The molecular formula is C20H31N5O4. The van der Waals surface area contributed by atoms with Crippen molar-refractivity contribution in [1.29, 1.82) is 0 Å². The topological polar surface area (TPSA) is 114 Å². The van der Waals surface area contributed by atoms with E-state index in [0.717, 1.165) is 31.2 Å². The molecule has 0 spiro atoms. The van der Waals surface area contributed by atoms with Crippen molar-refractivity contribution in [3.63, 3.8) is 0 Å². The van der Waals surface area contributed by atoms with E-state index >= 15 is 0 Å². The first-order valence-electron chi connectivity index (χ1n) is 10.2. The van der Waals surface area contributed by atoms with Crippen molar-refractivity contribution in [2.24, 2.45) is 5.92 Å². The van der Waals surface area contributed by atoms with Crippen LogP contribution in [0.2, 0.25) is 0 Å². The Labute approximate surface area is 171 Å². The third-order valence-electron chi connectivity index (χ3n) is 5.32. The van der Waals surface area contributed by atoms with Gasteiger partial charge >= 0.3 is 6.09 Å². The number of hydrazine groups is 1. The van der Waals surface area contributed by atoms with Crippen LogP contribution in [0.3, 0.4) is 0 Å². The Balaban J connectivity index is 1.41.